The lowest BCUT2D eigenvalue weighted by Crippen LogP contribution is -2.27. The van der Waals surface area contributed by atoms with Gasteiger partial charge in [-0.3, -0.25) is 0 Å². The molecular formula is C17H35NO3. The summed E-state index contributed by atoms with van der Waals surface area (Å²) in [6.07, 6.45) is 9.40. The molecule has 0 aromatic carbocycles. The lowest BCUT2D eigenvalue weighted by molar-refractivity contribution is 0.0145. The lowest BCUT2D eigenvalue weighted by atomic mass is 9.89. The highest BCUT2D eigenvalue weighted by molar-refractivity contribution is 4.67. The Morgan fingerprint density at radius 3 is 2.10 bits per heavy atom. The maximum Gasteiger partial charge on any atom is 0.0701 e. The van der Waals surface area contributed by atoms with E-state index in [9.17, 15) is 0 Å². The van der Waals surface area contributed by atoms with Crippen LogP contribution in [0.4, 0.5) is 0 Å². The largest absolute Gasteiger partial charge is 0.379 e. The van der Waals surface area contributed by atoms with Gasteiger partial charge in [0, 0.05) is 13.2 Å². The van der Waals surface area contributed by atoms with Gasteiger partial charge in [0.1, 0.15) is 0 Å². The second-order valence-electron chi connectivity index (χ2n) is 5.90. The van der Waals surface area contributed by atoms with Gasteiger partial charge in [0.2, 0.25) is 0 Å². The van der Waals surface area contributed by atoms with Gasteiger partial charge in [-0.05, 0) is 31.7 Å². The molecule has 0 bridgehead atoms. The zero-order valence-electron chi connectivity index (χ0n) is 13.9. The molecule has 0 aliphatic heterocycles. The molecular weight excluding hydrogens is 266 g/mol. The summed E-state index contributed by atoms with van der Waals surface area (Å²) in [4.78, 5) is 0. The van der Waals surface area contributed by atoms with Crippen molar-refractivity contribution in [2.75, 3.05) is 52.7 Å². The Kier molecular flexibility index (Phi) is 13.3. The second-order valence-corrected chi connectivity index (χ2v) is 5.90. The van der Waals surface area contributed by atoms with E-state index >= 15 is 0 Å². The second kappa shape index (κ2) is 14.8. The molecule has 0 aromatic heterocycles. The quantitative estimate of drug-likeness (QED) is 0.501. The zero-order valence-corrected chi connectivity index (χ0v) is 13.9. The number of hydrogen-bond donors (Lipinski definition) is 1. The predicted molar refractivity (Wildman–Crippen MR) is 86.8 cm³/mol. The smallest absolute Gasteiger partial charge is 0.0701 e. The van der Waals surface area contributed by atoms with Gasteiger partial charge in [0.25, 0.3) is 0 Å². The summed E-state index contributed by atoms with van der Waals surface area (Å²) >= 11 is 0. The molecule has 0 amide bonds. The first-order chi connectivity index (χ1) is 10.4. The Balaban J connectivity index is 1.69. The van der Waals surface area contributed by atoms with Crippen LogP contribution in [0.2, 0.25) is 0 Å². The van der Waals surface area contributed by atoms with E-state index in [-0.39, 0.29) is 0 Å². The van der Waals surface area contributed by atoms with E-state index in [0.29, 0.717) is 26.4 Å². The molecule has 1 N–H and O–H groups in total. The van der Waals surface area contributed by atoms with Crippen LogP contribution in [0.25, 0.3) is 0 Å². The van der Waals surface area contributed by atoms with Gasteiger partial charge in [0.05, 0.1) is 33.0 Å². The average molecular weight is 301 g/mol. The molecule has 0 heterocycles. The molecule has 1 saturated carbocycles. The summed E-state index contributed by atoms with van der Waals surface area (Å²) in [5.41, 5.74) is 0. The first kappa shape index (κ1) is 18.9. The average Bonchev–Trinajstić information content (AvgIpc) is 2.53. The SMILES string of the molecule is CCCCOCCOCCOCCNCC1CCCCC1. The van der Waals surface area contributed by atoms with Crippen LogP contribution < -0.4 is 5.32 Å². The van der Waals surface area contributed by atoms with E-state index < -0.39 is 0 Å². The van der Waals surface area contributed by atoms with Gasteiger partial charge in [0.15, 0.2) is 0 Å². The minimum absolute atomic E-state index is 0.666. The van der Waals surface area contributed by atoms with Gasteiger partial charge in [-0.2, -0.15) is 0 Å². The van der Waals surface area contributed by atoms with Crippen LogP contribution in [0, 0.1) is 5.92 Å². The van der Waals surface area contributed by atoms with E-state index in [1.165, 1.54) is 38.5 Å². The third-order valence-corrected chi connectivity index (χ3v) is 3.97. The Morgan fingerprint density at radius 2 is 1.43 bits per heavy atom. The summed E-state index contributed by atoms with van der Waals surface area (Å²) in [7, 11) is 0. The zero-order chi connectivity index (χ0) is 15.0. The highest BCUT2D eigenvalue weighted by atomic mass is 16.5. The highest BCUT2D eigenvalue weighted by Gasteiger charge is 2.12. The fourth-order valence-electron chi connectivity index (χ4n) is 2.63. The maximum absolute atomic E-state index is 5.54. The van der Waals surface area contributed by atoms with Gasteiger partial charge >= 0.3 is 0 Å². The summed E-state index contributed by atoms with van der Waals surface area (Å²) in [5, 5.41) is 3.50. The Morgan fingerprint density at radius 1 is 0.810 bits per heavy atom. The number of ether oxygens (including phenoxy) is 3. The molecule has 0 saturated heterocycles. The van der Waals surface area contributed by atoms with Crippen LogP contribution in [0.3, 0.4) is 0 Å². The summed E-state index contributed by atoms with van der Waals surface area (Å²) in [5.74, 6) is 0.898. The fraction of sp³-hybridized carbons (Fsp3) is 1.00. The number of rotatable bonds is 14. The van der Waals surface area contributed by atoms with E-state index in [1.807, 2.05) is 0 Å². The predicted octanol–water partition coefficient (Wildman–Crippen LogP) is 3.01. The Labute approximate surface area is 130 Å². The standard InChI is InChI=1S/C17H35NO3/c1-2-3-10-19-12-14-21-15-13-20-11-9-18-16-17-7-5-4-6-8-17/h17-18H,2-16H2,1H3. The van der Waals surface area contributed by atoms with Gasteiger partial charge < -0.3 is 19.5 Å². The summed E-state index contributed by atoms with van der Waals surface area (Å²) in [6, 6.07) is 0. The van der Waals surface area contributed by atoms with Gasteiger partial charge in [-0.25, -0.2) is 0 Å². The first-order valence-electron chi connectivity index (χ1n) is 8.87. The van der Waals surface area contributed by atoms with E-state index in [2.05, 4.69) is 12.2 Å². The molecule has 0 aromatic rings. The molecule has 1 aliphatic carbocycles. The van der Waals surface area contributed by atoms with Crippen molar-refractivity contribution >= 4 is 0 Å². The molecule has 0 unspecified atom stereocenters. The maximum atomic E-state index is 5.54. The van der Waals surface area contributed by atoms with E-state index in [4.69, 9.17) is 14.2 Å². The summed E-state index contributed by atoms with van der Waals surface area (Å²) < 4.78 is 16.4. The molecule has 0 radical (unpaired) electrons. The molecule has 1 rings (SSSR count). The molecule has 4 heteroatoms. The van der Waals surface area contributed by atoms with Crippen LogP contribution in [-0.4, -0.2) is 52.7 Å². The minimum Gasteiger partial charge on any atom is -0.379 e. The summed E-state index contributed by atoms with van der Waals surface area (Å²) in [6.45, 7) is 8.63. The van der Waals surface area contributed by atoms with Crippen molar-refractivity contribution in [3.8, 4) is 0 Å². The van der Waals surface area contributed by atoms with Crippen LogP contribution >= 0.6 is 0 Å². The van der Waals surface area contributed by atoms with E-state index in [0.717, 1.165) is 38.6 Å². The van der Waals surface area contributed by atoms with Crippen LogP contribution in [-0.2, 0) is 14.2 Å². The highest BCUT2D eigenvalue weighted by Crippen LogP contribution is 2.22. The third-order valence-electron chi connectivity index (χ3n) is 3.97. The van der Waals surface area contributed by atoms with Crippen LogP contribution in [0.5, 0.6) is 0 Å². The van der Waals surface area contributed by atoms with Gasteiger partial charge in [-0.1, -0.05) is 32.6 Å². The van der Waals surface area contributed by atoms with Crippen molar-refractivity contribution in [3.63, 3.8) is 0 Å². The fourth-order valence-corrected chi connectivity index (χ4v) is 2.63. The van der Waals surface area contributed by atoms with Crippen LogP contribution in [0.1, 0.15) is 51.9 Å². The lowest BCUT2D eigenvalue weighted by Gasteiger charge is -2.21. The van der Waals surface area contributed by atoms with Crippen molar-refractivity contribution in [3.05, 3.63) is 0 Å². The molecule has 1 fully saturated rings. The van der Waals surface area contributed by atoms with Crippen molar-refractivity contribution in [1.82, 2.24) is 5.32 Å². The molecule has 21 heavy (non-hydrogen) atoms. The number of nitrogens with one attached hydrogen (secondary N) is 1. The monoisotopic (exact) mass is 301 g/mol. The van der Waals surface area contributed by atoms with Crippen LogP contribution in [0.15, 0.2) is 0 Å². The molecule has 1 aliphatic rings. The topological polar surface area (TPSA) is 39.7 Å². The third kappa shape index (κ3) is 12.1. The van der Waals surface area contributed by atoms with Crippen molar-refractivity contribution < 1.29 is 14.2 Å². The van der Waals surface area contributed by atoms with Crippen molar-refractivity contribution in [1.29, 1.82) is 0 Å². The van der Waals surface area contributed by atoms with E-state index in [1.54, 1.807) is 0 Å². The molecule has 126 valence electrons. The Hall–Kier alpha value is -0.160. The molecule has 0 atom stereocenters. The molecule has 4 nitrogen and oxygen atoms in total. The minimum atomic E-state index is 0.666. The Bertz CT molecular complexity index is 208. The normalized spacial score (nSPS) is 16.4. The molecule has 0 spiro atoms. The first-order valence-corrected chi connectivity index (χ1v) is 8.87. The van der Waals surface area contributed by atoms with Gasteiger partial charge in [-0.15, -0.1) is 0 Å². The van der Waals surface area contributed by atoms with Crippen molar-refractivity contribution in [2.24, 2.45) is 5.92 Å². The van der Waals surface area contributed by atoms with Crippen molar-refractivity contribution in [2.45, 2.75) is 51.9 Å². The number of hydrogen-bond acceptors (Lipinski definition) is 4. The number of unbranched alkanes of at least 4 members (excludes halogenated alkanes) is 1.